The first-order chi connectivity index (χ1) is 8.89. The molecule has 0 aromatic heterocycles. The van der Waals surface area contributed by atoms with Gasteiger partial charge < -0.3 is 4.74 Å². The Hall–Kier alpha value is -1.64. The van der Waals surface area contributed by atoms with E-state index in [0.29, 0.717) is 5.75 Å². The first-order valence-corrected chi connectivity index (χ1v) is 6.96. The summed E-state index contributed by atoms with van der Waals surface area (Å²) in [4.78, 5) is 11.0. The second-order valence-corrected chi connectivity index (χ2v) is 5.65. The van der Waals surface area contributed by atoms with Crippen molar-refractivity contribution in [1.29, 1.82) is 0 Å². The average molecular weight is 288 g/mol. The third-order valence-electron chi connectivity index (χ3n) is 2.34. The summed E-state index contributed by atoms with van der Waals surface area (Å²) < 4.78 is 31.2. The Morgan fingerprint density at radius 1 is 1.37 bits per heavy atom. The third kappa shape index (κ3) is 4.51. The highest BCUT2D eigenvalue weighted by atomic mass is 32.2. The lowest BCUT2D eigenvalue weighted by Gasteiger charge is -2.13. The molecule has 1 aromatic carbocycles. The fourth-order valence-electron chi connectivity index (χ4n) is 1.45. The fraction of sp³-hybridized carbons (Fsp3) is 0.364. The minimum absolute atomic E-state index is 0.0737. The number of hydrogen-bond acceptors (Lipinski definition) is 5. The highest BCUT2D eigenvalue weighted by Crippen LogP contribution is 2.15. The van der Waals surface area contributed by atoms with Gasteiger partial charge in [0.05, 0.1) is 12.0 Å². The lowest BCUT2D eigenvalue weighted by atomic mass is 10.2. The molecule has 1 aromatic rings. The van der Waals surface area contributed by atoms with Crippen molar-refractivity contribution in [2.24, 2.45) is 0 Å². The van der Waals surface area contributed by atoms with Gasteiger partial charge in [-0.3, -0.25) is 10.0 Å². The molecule has 106 valence electrons. The molecule has 1 rings (SSSR count). The summed E-state index contributed by atoms with van der Waals surface area (Å²) in [5, 5.41) is 8.37. The van der Waals surface area contributed by atoms with Crippen molar-refractivity contribution < 1.29 is 23.2 Å². The summed E-state index contributed by atoms with van der Waals surface area (Å²) in [5.41, 5.74) is 1.45. The van der Waals surface area contributed by atoms with Gasteiger partial charge in [-0.2, -0.15) is 0 Å². The van der Waals surface area contributed by atoms with Crippen LogP contribution in [0, 0.1) is 0 Å². The number of rotatable bonds is 6. The molecular formula is C11H16N2O5S. The SMILES string of the molecule is COc1ccc(S(=O)(=O)NC(C)CC(=O)NO)cc1. The van der Waals surface area contributed by atoms with E-state index in [1.807, 2.05) is 0 Å². The maximum absolute atomic E-state index is 12.0. The lowest BCUT2D eigenvalue weighted by Crippen LogP contribution is -2.36. The van der Waals surface area contributed by atoms with E-state index in [-0.39, 0.29) is 11.3 Å². The fourth-order valence-corrected chi connectivity index (χ4v) is 2.70. The average Bonchev–Trinajstić information content (AvgIpc) is 2.37. The van der Waals surface area contributed by atoms with Crippen molar-refractivity contribution in [3.8, 4) is 5.75 Å². The maximum Gasteiger partial charge on any atom is 0.244 e. The van der Waals surface area contributed by atoms with Crippen LogP contribution in [0.25, 0.3) is 0 Å². The van der Waals surface area contributed by atoms with Crippen molar-refractivity contribution in [3.05, 3.63) is 24.3 Å². The van der Waals surface area contributed by atoms with Crippen LogP contribution in [0.15, 0.2) is 29.2 Å². The van der Waals surface area contributed by atoms with Gasteiger partial charge in [0.25, 0.3) is 0 Å². The quantitative estimate of drug-likeness (QED) is 0.514. The molecule has 7 nitrogen and oxygen atoms in total. The minimum atomic E-state index is -3.71. The zero-order valence-corrected chi connectivity index (χ0v) is 11.4. The predicted molar refractivity (Wildman–Crippen MR) is 67.3 cm³/mol. The molecule has 0 spiro atoms. The van der Waals surface area contributed by atoms with E-state index in [1.165, 1.54) is 43.8 Å². The smallest absolute Gasteiger partial charge is 0.244 e. The van der Waals surface area contributed by atoms with Gasteiger partial charge >= 0.3 is 0 Å². The topological polar surface area (TPSA) is 105 Å². The molecule has 0 fully saturated rings. The first kappa shape index (κ1) is 15.4. The van der Waals surface area contributed by atoms with Gasteiger partial charge in [0.15, 0.2) is 0 Å². The van der Waals surface area contributed by atoms with Gasteiger partial charge in [-0.05, 0) is 31.2 Å². The van der Waals surface area contributed by atoms with Gasteiger partial charge in [0.2, 0.25) is 15.9 Å². The number of carbonyl (C=O) groups excluding carboxylic acids is 1. The molecule has 1 unspecified atom stereocenters. The van der Waals surface area contributed by atoms with Crippen LogP contribution in [0.1, 0.15) is 13.3 Å². The molecule has 0 heterocycles. The van der Waals surface area contributed by atoms with Gasteiger partial charge in [0, 0.05) is 12.5 Å². The molecule has 19 heavy (non-hydrogen) atoms. The standard InChI is InChI=1S/C11H16N2O5S/c1-8(7-11(14)12-15)13-19(16,17)10-5-3-9(18-2)4-6-10/h3-6,8,13,15H,7H2,1-2H3,(H,12,14). The van der Waals surface area contributed by atoms with E-state index < -0.39 is 22.0 Å². The van der Waals surface area contributed by atoms with Crippen LogP contribution in [0.4, 0.5) is 0 Å². The Bertz CT molecular complexity index is 527. The van der Waals surface area contributed by atoms with Crippen LogP contribution in [0.3, 0.4) is 0 Å². The number of amides is 1. The summed E-state index contributed by atoms with van der Waals surface area (Å²) in [6.45, 7) is 1.52. The number of nitrogens with one attached hydrogen (secondary N) is 2. The van der Waals surface area contributed by atoms with E-state index in [2.05, 4.69) is 4.72 Å². The molecule has 0 bridgehead atoms. The Labute approximate surface area is 111 Å². The molecule has 1 atom stereocenters. The van der Waals surface area contributed by atoms with Crippen LogP contribution in [-0.4, -0.2) is 32.7 Å². The zero-order valence-electron chi connectivity index (χ0n) is 10.6. The van der Waals surface area contributed by atoms with Gasteiger partial charge in [-0.15, -0.1) is 0 Å². The van der Waals surface area contributed by atoms with E-state index >= 15 is 0 Å². The Morgan fingerprint density at radius 3 is 2.42 bits per heavy atom. The van der Waals surface area contributed by atoms with E-state index in [0.717, 1.165) is 0 Å². The highest BCUT2D eigenvalue weighted by molar-refractivity contribution is 7.89. The summed E-state index contributed by atoms with van der Waals surface area (Å²) >= 11 is 0. The first-order valence-electron chi connectivity index (χ1n) is 5.48. The number of carbonyl (C=O) groups is 1. The summed E-state index contributed by atoms with van der Waals surface area (Å²) in [6, 6.07) is 5.22. The second kappa shape index (κ2) is 6.50. The van der Waals surface area contributed by atoms with Crippen LogP contribution in [0.2, 0.25) is 0 Å². The van der Waals surface area contributed by atoms with E-state index in [9.17, 15) is 13.2 Å². The summed E-state index contributed by atoms with van der Waals surface area (Å²) in [5.74, 6) is -0.114. The molecule has 0 saturated heterocycles. The number of hydroxylamine groups is 1. The molecule has 1 amide bonds. The molecular weight excluding hydrogens is 272 g/mol. The zero-order chi connectivity index (χ0) is 14.5. The highest BCUT2D eigenvalue weighted by Gasteiger charge is 2.19. The summed E-state index contributed by atoms with van der Waals surface area (Å²) in [7, 11) is -2.22. The molecule has 0 aliphatic carbocycles. The Morgan fingerprint density at radius 2 is 1.95 bits per heavy atom. The summed E-state index contributed by atoms with van der Waals surface area (Å²) in [6.07, 6.45) is -0.161. The minimum Gasteiger partial charge on any atom is -0.497 e. The Balaban J connectivity index is 2.77. The van der Waals surface area contributed by atoms with Crippen molar-refractivity contribution >= 4 is 15.9 Å². The monoisotopic (exact) mass is 288 g/mol. The molecule has 3 N–H and O–H groups in total. The second-order valence-electron chi connectivity index (χ2n) is 3.94. The van der Waals surface area contributed by atoms with E-state index in [1.54, 1.807) is 0 Å². The lowest BCUT2D eigenvalue weighted by molar-refractivity contribution is -0.129. The molecule has 8 heteroatoms. The van der Waals surface area contributed by atoms with Gasteiger partial charge in [-0.25, -0.2) is 18.6 Å². The van der Waals surface area contributed by atoms with Crippen molar-refractivity contribution in [2.45, 2.75) is 24.3 Å². The van der Waals surface area contributed by atoms with Crippen molar-refractivity contribution in [2.75, 3.05) is 7.11 Å². The number of benzene rings is 1. The number of sulfonamides is 1. The van der Waals surface area contributed by atoms with Crippen molar-refractivity contribution in [3.63, 3.8) is 0 Å². The van der Waals surface area contributed by atoms with Crippen molar-refractivity contribution in [1.82, 2.24) is 10.2 Å². The third-order valence-corrected chi connectivity index (χ3v) is 3.95. The maximum atomic E-state index is 12.0. The van der Waals surface area contributed by atoms with Crippen LogP contribution in [0.5, 0.6) is 5.75 Å². The van der Waals surface area contributed by atoms with E-state index in [4.69, 9.17) is 9.94 Å². The number of hydrogen-bond donors (Lipinski definition) is 3. The van der Waals surface area contributed by atoms with Crippen LogP contribution in [-0.2, 0) is 14.8 Å². The Kier molecular flexibility index (Phi) is 5.28. The number of ether oxygens (including phenoxy) is 1. The van der Waals surface area contributed by atoms with Crippen LogP contribution >= 0.6 is 0 Å². The molecule has 0 saturated carbocycles. The predicted octanol–water partition coefficient (Wildman–Crippen LogP) is 0.257. The van der Waals surface area contributed by atoms with Gasteiger partial charge in [-0.1, -0.05) is 0 Å². The molecule has 0 aliphatic heterocycles. The molecule has 0 radical (unpaired) electrons. The normalized spacial score (nSPS) is 12.8. The number of methoxy groups -OCH3 is 1. The van der Waals surface area contributed by atoms with Gasteiger partial charge in [0.1, 0.15) is 5.75 Å². The largest absolute Gasteiger partial charge is 0.497 e. The molecule has 0 aliphatic rings. The van der Waals surface area contributed by atoms with Crippen LogP contribution < -0.4 is 14.9 Å².